The fraction of sp³-hybridized carbons (Fsp3) is 0.333. The normalized spacial score (nSPS) is 17.1. The van der Waals surface area contributed by atoms with Crippen molar-refractivity contribution in [3.05, 3.63) is 36.7 Å². The molecule has 2 aromatic heterocycles. The zero-order chi connectivity index (χ0) is 16.2. The van der Waals surface area contributed by atoms with Crippen LogP contribution in [-0.2, 0) is 4.79 Å². The van der Waals surface area contributed by atoms with Crippen molar-refractivity contribution in [1.82, 2.24) is 19.7 Å². The summed E-state index contributed by atoms with van der Waals surface area (Å²) in [6.07, 6.45) is 4.27. The summed E-state index contributed by atoms with van der Waals surface area (Å²) in [5.41, 5.74) is 0. The van der Waals surface area contributed by atoms with Crippen LogP contribution in [0.4, 0.5) is 16.4 Å². The fourth-order valence-electron chi connectivity index (χ4n) is 2.56. The predicted octanol–water partition coefficient (Wildman–Crippen LogP) is 1.72. The van der Waals surface area contributed by atoms with Crippen LogP contribution in [0.15, 0.2) is 36.7 Å². The van der Waals surface area contributed by atoms with E-state index in [1.165, 1.54) is 6.92 Å². The van der Waals surface area contributed by atoms with Crippen LogP contribution in [0.2, 0.25) is 0 Å². The Hall–Kier alpha value is -2.90. The van der Waals surface area contributed by atoms with Crippen molar-refractivity contribution < 1.29 is 9.59 Å². The molecule has 3 amide bonds. The van der Waals surface area contributed by atoms with E-state index in [0.29, 0.717) is 24.7 Å². The van der Waals surface area contributed by atoms with Gasteiger partial charge in [0.05, 0.1) is 6.04 Å². The summed E-state index contributed by atoms with van der Waals surface area (Å²) in [6.45, 7) is 2.66. The molecule has 0 saturated carbocycles. The van der Waals surface area contributed by atoms with Crippen molar-refractivity contribution in [1.29, 1.82) is 0 Å². The van der Waals surface area contributed by atoms with Crippen molar-refractivity contribution in [2.45, 2.75) is 19.4 Å². The highest BCUT2D eigenvalue weighted by Crippen LogP contribution is 2.22. The van der Waals surface area contributed by atoms with Crippen LogP contribution >= 0.6 is 0 Å². The molecule has 23 heavy (non-hydrogen) atoms. The molecule has 8 heteroatoms. The van der Waals surface area contributed by atoms with Gasteiger partial charge >= 0.3 is 6.03 Å². The van der Waals surface area contributed by atoms with E-state index in [2.05, 4.69) is 20.7 Å². The third kappa shape index (κ3) is 3.65. The van der Waals surface area contributed by atoms with Gasteiger partial charge in [-0.3, -0.25) is 14.8 Å². The smallest absolute Gasteiger partial charge is 0.322 e. The minimum atomic E-state index is -0.166. The maximum Gasteiger partial charge on any atom is 0.323 e. The van der Waals surface area contributed by atoms with E-state index in [4.69, 9.17) is 0 Å². The summed E-state index contributed by atoms with van der Waals surface area (Å²) in [7, 11) is 0. The van der Waals surface area contributed by atoms with Crippen LogP contribution in [-0.4, -0.2) is 44.7 Å². The molecule has 1 saturated heterocycles. The third-order valence-electron chi connectivity index (χ3n) is 3.64. The second-order valence-electron chi connectivity index (χ2n) is 5.40. The molecule has 2 N–H and O–H groups in total. The molecule has 3 rings (SSSR count). The number of aromatic nitrogens is 3. The minimum absolute atomic E-state index is 0.104. The number of pyridine rings is 1. The maximum atomic E-state index is 12.2. The lowest BCUT2D eigenvalue weighted by atomic mass is 10.3. The molecule has 1 aliphatic heterocycles. The maximum absolute atomic E-state index is 12.2. The summed E-state index contributed by atoms with van der Waals surface area (Å²) in [4.78, 5) is 29.1. The van der Waals surface area contributed by atoms with Gasteiger partial charge in [0, 0.05) is 38.5 Å². The summed E-state index contributed by atoms with van der Waals surface area (Å²) in [6, 6.07) is 7.05. The quantitative estimate of drug-likeness (QED) is 0.902. The lowest BCUT2D eigenvalue weighted by Crippen LogP contribution is -2.33. The first kappa shape index (κ1) is 15.0. The lowest BCUT2D eigenvalue weighted by Gasteiger charge is -2.17. The van der Waals surface area contributed by atoms with Gasteiger partial charge in [0.15, 0.2) is 5.82 Å². The van der Waals surface area contributed by atoms with Crippen LogP contribution in [0.5, 0.6) is 0 Å². The molecule has 1 aliphatic rings. The van der Waals surface area contributed by atoms with E-state index in [0.717, 1.165) is 6.42 Å². The summed E-state index contributed by atoms with van der Waals surface area (Å²) in [5.74, 6) is 0.903. The van der Waals surface area contributed by atoms with Gasteiger partial charge in [0.1, 0.15) is 5.82 Å². The van der Waals surface area contributed by atoms with Gasteiger partial charge in [-0.05, 0) is 18.6 Å². The Morgan fingerprint density at radius 1 is 1.22 bits per heavy atom. The van der Waals surface area contributed by atoms with Crippen molar-refractivity contribution in [3.63, 3.8) is 0 Å². The van der Waals surface area contributed by atoms with Crippen molar-refractivity contribution >= 4 is 23.6 Å². The van der Waals surface area contributed by atoms with Gasteiger partial charge in [-0.1, -0.05) is 6.07 Å². The lowest BCUT2D eigenvalue weighted by molar-refractivity contribution is -0.114. The Bertz CT molecular complexity index is 699. The standard InChI is InChI=1S/C15H18N6O2/c1-11(22)17-14-6-9-21(19-14)12-5-8-20(10-12)15(23)18-13-4-2-3-7-16-13/h2-4,6-7,9,12H,5,8,10H2,1H3,(H,16,18,23)(H,17,19,22). The van der Waals surface area contributed by atoms with E-state index < -0.39 is 0 Å². The summed E-state index contributed by atoms with van der Waals surface area (Å²) >= 11 is 0. The van der Waals surface area contributed by atoms with Crippen molar-refractivity contribution in [3.8, 4) is 0 Å². The molecule has 0 spiro atoms. The summed E-state index contributed by atoms with van der Waals surface area (Å²) in [5, 5.41) is 9.74. The SMILES string of the molecule is CC(=O)Nc1ccn(C2CCN(C(=O)Nc3ccccn3)C2)n1. The average Bonchev–Trinajstić information content (AvgIpc) is 3.16. The van der Waals surface area contributed by atoms with E-state index in [-0.39, 0.29) is 18.0 Å². The highest BCUT2D eigenvalue weighted by molar-refractivity contribution is 5.88. The highest BCUT2D eigenvalue weighted by atomic mass is 16.2. The Morgan fingerprint density at radius 2 is 2.09 bits per heavy atom. The number of nitrogens with one attached hydrogen (secondary N) is 2. The van der Waals surface area contributed by atoms with Crippen LogP contribution < -0.4 is 10.6 Å². The molecule has 0 aliphatic carbocycles. The van der Waals surface area contributed by atoms with Gasteiger partial charge < -0.3 is 10.2 Å². The van der Waals surface area contributed by atoms with E-state index in [1.807, 2.05) is 12.3 Å². The average molecular weight is 314 g/mol. The van der Waals surface area contributed by atoms with E-state index >= 15 is 0 Å². The number of hydrogen-bond acceptors (Lipinski definition) is 4. The van der Waals surface area contributed by atoms with Crippen molar-refractivity contribution in [2.24, 2.45) is 0 Å². The molecule has 0 bridgehead atoms. The second-order valence-corrected chi connectivity index (χ2v) is 5.40. The molecule has 0 aromatic carbocycles. The molecular formula is C15H18N6O2. The molecule has 120 valence electrons. The molecule has 3 heterocycles. The molecular weight excluding hydrogens is 296 g/mol. The van der Waals surface area contributed by atoms with Crippen LogP contribution in [0.1, 0.15) is 19.4 Å². The van der Waals surface area contributed by atoms with Crippen molar-refractivity contribution in [2.75, 3.05) is 23.7 Å². The number of likely N-dealkylation sites (tertiary alicyclic amines) is 1. The Balaban J connectivity index is 1.58. The number of urea groups is 1. The van der Waals surface area contributed by atoms with Crippen LogP contribution in [0.25, 0.3) is 0 Å². The summed E-state index contributed by atoms with van der Waals surface area (Å²) < 4.78 is 1.79. The zero-order valence-electron chi connectivity index (χ0n) is 12.8. The van der Waals surface area contributed by atoms with Gasteiger partial charge in [0.2, 0.25) is 5.91 Å². The number of carbonyl (C=O) groups excluding carboxylic acids is 2. The van der Waals surface area contributed by atoms with Gasteiger partial charge in [-0.2, -0.15) is 5.10 Å². The number of carbonyl (C=O) groups is 2. The number of nitrogens with zero attached hydrogens (tertiary/aromatic N) is 4. The zero-order valence-corrected chi connectivity index (χ0v) is 12.8. The Labute approximate surface area is 133 Å². The minimum Gasteiger partial charge on any atom is -0.322 e. The van der Waals surface area contributed by atoms with Crippen LogP contribution in [0, 0.1) is 0 Å². The highest BCUT2D eigenvalue weighted by Gasteiger charge is 2.28. The topological polar surface area (TPSA) is 92.2 Å². The molecule has 1 atom stereocenters. The molecule has 8 nitrogen and oxygen atoms in total. The fourth-order valence-corrected chi connectivity index (χ4v) is 2.56. The van der Waals surface area contributed by atoms with Gasteiger partial charge in [-0.25, -0.2) is 9.78 Å². The Kier molecular flexibility index (Phi) is 4.22. The Morgan fingerprint density at radius 3 is 2.83 bits per heavy atom. The van der Waals surface area contributed by atoms with Gasteiger partial charge in [-0.15, -0.1) is 0 Å². The van der Waals surface area contributed by atoms with Gasteiger partial charge in [0.25, 0.3) is 0 Å². The monoisotopic (exact) mass is 314 g/mol. The second kappa shape index (κ2) is 6.47. The molecule has 0 radical (unpaired) electrons. The number of anilines is 2. The first-order chi connectivity index (χ1) is 11.1. The largest absolute Gasteiger partial charge is 0.323 e. The predicted molar refractivity (Wildman–Crippen MR) is 85.0 cm³/mol. The number of rotatable bonds is 3. The molecule has 1 fully saturated rings. The first-order valence-electron chi connectivity index (χ1n) is 7.41. The molecule has 1 unspecified atom stereocenters. The van der Waals surface area contributed by atoms with E-state index in [1.54, 1.807) is 34.0 Å². The number of amides is 3. The molecule has 2 aromatic rings. The van der Waals surface area contributed by atoms with E-state index in [9.17, 15) is 9.59 Å². The third-order valence-corrected chi connectivity index (χ3v) is 3.64. The van der Waals surface area contributed by atoms with Crippen LogP contribution in [0.3, 0.4) is 0 Å². The number of hydrogen-bond donors (Lipinski definition) is 2. The first-order valence-corrected chi connectivity index (χ1v) is 7.41.